The van der Waals surface area contributed by atoms with E-state index in [1.165, 1.54) is 18.2 Å². The van der Waals surface area contributed by atoms with Crippen LogP contribution in [0.1, 0.15) is 37.4 Å². The molecule has 1 atom stereocenters. The van der Waals surface area contributed by atoms with Gasteiger partial charge in [-0.2, -0.15) is 0 Å². The second kappa shape index (κ2) is 12.1. The largest absolute Gasteiger partial charge is 0.463 e. The molecule has 196 valence electrons. The molecule has 1 aliphatic rings. The minimum atomic E-state index is -0.832. The summed E-state index contributed by atoms with van der Waals surface area (Å²) < 4.78 is 19.4. The Morgan fingerprint density at radius 3 is 2.42 bits per heavy atom. The molecule has 0 fully saturated rings. The molecule has 0 aromatic heterocycles. The molecule has 3 N–H and O–H groups in total. The quantitative estimate of drug-likeness (QED) is 0.324. The summed E-state index contributed by atoms with van der Waals surface area (Å²) >= 11 is 0. The topological polar surface area (TPSA) is 99.8 Å². The zero-order chi connectivity index (χ0) is 27.1. The van der Waals surface area contributed by atoms with Crippen molar-refractivity contribution in [2.45, 2.75) is 26.3 Å². The van der Waals surface area contributed by atoms with E-state index in [-0.39, 0.29) is 18.3 Å². The van der Waals surface area contributed by atoms with Gasteiger partial charge in [-0.25, -0.2) is 18.8 Å². The van der Waals surface area contributed by atoms with E-state index in [1.54, 1.807) is 42.2 Å². The molecule has 0 radical (unpaired) electrons. The fraction of sp³-hybridized carbons (Fsp3) is 0.207. The van der Waals surface area contributed by atoms with E-state index in [4.69, 9.17) is 4.74 Å². The van der Waals surface area contributed by atoms with Crippen LogP contribution < -0.4 is 16.0 Å². The van der Waals surface area contributed by atoms with Crippen LogP contribution in [0, 0.1) is 5.82 Å². The molecule has 38 heavy (non-hydrogen) atoms. The van der Waals surface area contributed by atoms with Gasteiger partial charge < -0.3 is 20.7 Å². The Balaban J connectivity index is 1.73. The van der Waals surface area contributed by atoms with E-state index in [0.717, 1.165) is 0 Å². The summed E-state index contributed by atoms with van der Waals surface area (Å²) in [6.07, 6.45) is 0.682. The molecule has 1 unspecified atom stereocenters. The van der Waals surface area contributed by atoms with E-state index >= 15 is 0 Å². The van der Waals surface area contributed by atoms with Crippen LogP contribution in [0.3, 0.4) is 0 Å². The predicted molar refractivity (Wildman–Crippen MR) is 144 cm³/mol. The summed E-state index contributed by atoms with van der Waals surface area (Å²) in [5.74, 6) is -1.11. The van der Waals surface area contributed by atoms with Crippen molar-refractivity contribution in [1.82, 2.24) is 10.2 Å². The molecular weight excluding hydrogens is 487 g/mol. The van der Waals surface area contributed by atoms with Crippen molar-refractivity contribution in [3.05, 3.63) is 101 Å². The maximum absolute atomic E-state index is 13.9. The van der Waals surface area contributed by atoms with E-state index in [1.807, 2.05) is 37.3 Å². The molecule has 8 nitrogen and oxygen atoms in total. The zero-order valence-corrected chi connectivity index (χ0v) is 21.2. The number of nitrogens with zero attached hydrogens (tertiary/aromatic N) is 1. The first kappa shape index (κ1) is 26.4. The molecule has 0 bridgehead atoms. The lowest BCUT2D eigenvalue weighted by molar-refractivity contribution is -0.138. The standard InChI is InChI=1S/C29H29FN4O4/c1-3-17-34-26(19-11-6-5-7-12-19)24(27(35)38-4-2)25(33-29(34)37)20-13-10-14-21(18-20)31-28(36)32-23-16-9-8-15-22(23)30/h5-16,18,25H,3-4,17H2,1-2H3,(H,33,37)(H2,31,32,36). The van der Waals surface area contributed by atoms with Gasteiger partial charge in [0, 0.05) is 12.2 Å². The number of nitrogens with one attached hydrogen (secondary N) is 3. The number of esters is 1. The number of para-hydroxylation sites is 1. The molecule has 1 heterocycles. The molecule has 1 aliphatic heterocycles. The average Bonchev–Trinajstić information content (AvgIpc) is 2.91. The van der Waals surface area contributed by atoms with Crippen LogP contribution in [0.4, 0.5) is 25.4 Å². The summed E-state index contributed by atoms with van der Waals surface area (Å²) in [5.41, 5.74) is 2.48. The number of amides is 4. The molecule has 0 aliphatic carbocycles. The van der Waals surface area contributed by atoms with E-state index < -0.39 is 23.9 Å². The second-order valence-electron chi connectivity index (χ2n) is 8.57. The number of hydrogen-bond donors (Lipinski definition) is 3. The number of benzene rings is 3. The van der Waals surface area contributed by atoms with Gasteiger partial charge in [0.15, 0.2) is 0 Å². The van der Waals surface area contributed by atoms with Crippen LogP contribution in [0.15, 0.2) is 84.4 Å². The van der Waals surface area contributed by atoms with Crippen LogP contribution in [0.25, 0.3) is 5.70 Å². The summed E-state index contributed by atoms with van der Waals surface area (Å²) in [6, 6.07) is 20.0. The number of halogens is 1. The van der Waals surface area contributed by atoms with Crippen molar-refractivity contribution < 1.29 is 23.5 Å². The van der Waals surface area contributed by atoms with Crippen LogP contribution in [0.2, 0.25) is 0 Å². The van der Waals surface area contributed by atoms with Crippen molar-refractivity contribution in [1.29, 1.82) is 0 Å². The smallest absolute Gasteiger partial charge is 0.338 e. The lowest BCUT2D eigenvalue weighted by Crippen LogP contribution is -2.48. The zero-order valence-electron chi connectivity index (χ0n) is 21.2. The monoisotopic (exact) mass is 516 g/mol. The lowest BCUT2D eigenvalue weighted by Gasteiger charge is -2.37. The van der Waals surface area contributed by atoms with Gasteiger partial charge in [-0.05, 0) is 48.7 Å². The first-order valence-corrected chi connectivity index (χ1v) is 12.4. The number of rotatable bonds is 8. The lowest BCUT2D eigenvalue weighted by atomic mass is 9.91. The molecular formula is C29H29FN4O4. The third kappa shape index (κ3) is 5.83. The number of urea groups is 2. The van der Waals surface area contributed by atoms with Gasteiger partial charge in [0.2, 0.25) is 0 Å². The van der Waals surface area contributed by atoms with Crippen LogP contribution in [0.5, 0.6) is 0 Å². The SMILES string of the molecule is CCCN1C(=O)NC(c2cccc(NC(=O)Nc3ccccc3F)c2)C(C(=O)OCC)=C1c1ccccc1. The van der Waals surface area contributed by atoms with Crippen LogP contribution in [-0.4, -0.2) is 36.1 Å². The van der Waals surface area contributed by atoms with Crippen LogP contribution in [-0.2, 0) is 9.53 Å². The van der Waals surface area contributed by atoms with Gasteiger partial charge in [0.05, 0.1) is 29.6 Å². The van der Waals surface area contributed by atoms with Gasteiger partial charge in [0.1, 0.15) is 5.82 Å². The average molecular weight is 517 g/mol. The number of anilines is 2. The summed E-state index contributed by atoms with van der Waals surface area (Å²) in [5, 5.41) is 8.08. The maximum Gasteiger partial charge on any atom is 0.338 e. The first-order chi connectivity index (χ1) is 18.4. The molecule has 0 spiro atoms. The highest BCUT2D eigenvalue weighted by atomic mass is 19.1. The Hall–Kier alpha value is -4.66. The van der Waals surface area contributed by atoms with Gasteiger partial charge in [-0.15, -0.1) is 0 Å². The Kier molecular flexibility index (Phi) is 8.37. The molecule has 4 rings (SSSR count). The molecule has 3 aromatic rings. The minimum absolute atomic E-state index is 0.0387. The molecule has 4 amide bonds. The van der Waals surface area contributed by atoms with Crippen molar-refractivity contribution in [2.75, 3.05) is 23.8 Å². The Morgan fingerprint density at radius 1 is 0.974 bits per heavy atom. The van der Waals surface area contributed by atoms with Crippen molar-refractivity contribution in [3.8, 4) is 0 Å². The number of hydrogen-bond acceptors (Lipinski definition) is 4. The third-order valence-corrected chi connectivity index (χ3v) is 5.92. The van der Waals surface area contributed by atoms with Gasteiger partial charge in [-0.1, -0.05) is 61.5 Å². The first-order valence-electron chi connectivity index (χ1n) is 12.4. The fourth-order valence-corrected chi connectivity index (χ4v) is 4.32. The Labute approximate surface area is 220 Å². The number of ether oxygens (including phenoxy) is 1. The Morgan fingerprint density at radius 2 is 1.71 bits per heavy atom. The number of carbonyl (C=O) groups is 3. The summed E-state index contributed by atoms with van der Waals surface area (Å²) in [7, 11) is 0. The van der Waals surface area contributed by atoms with Crippen molar-refractivity contribution in [3.63, 3.8) is 0 Å². The highest BCUT2D eigenvalue weighted by molar-refractivity contribution is 6.05. The van der Waals surface area contributed by atoms with E-state index in [2.05, 4.69) is 16.0 Å². The summed E-state index contributed by atoms with van der Waals surface area (Å²) in [4.78, 5) is 40.7. The Bertz CT molecular complexity index is 1360. The van der Waals surface area contributed by atoms with Gasteiger partial charge >= 0.3 is 18.0 Å². The van der Waals surface area contributed by atoms with Crippen molar-refractivity contribution in [2.24, 2.45) is 0 Å². The maximum atomic E-state index is 13.9. The molecule has 0 saturated carbocycles. The van der Waals surface area contributed by atoms with E-state index in [9.17, 15) is 18.8 Å². The van der Waals surface area contributed by atoms with E-state index in [0.29, 0.717) is 41.1 Å². The normalized spacial score (nSPS) is 15.1. The highest BCUT2D eigenvalue weighted by Gasteiger charge is 2.38. The van der Waals surface area contributed by atoms with Gasteiger partial charge in [-0.3, -0.25) is 4.90 Å². The second-order valence-corrected chi connectivity index (χ2v) is 8.57. The minimum Gasteiger partial charge on any atom is -0.463 e. The molecule has 3 aromatic carbocycles. The van der Waals surface area contributed by atoms with Crippen LogP contribution >= 0.6 is 0 Å². The third-order valence-electron chi connectivity index (χ3n) is 5.92. The van der Waals surface area contributed by atoms with Crippen molar-refractivity contribution >= 4 is 35.1 Å². The molecule has 9 heteroatoms. The fourth-order valence-electron chi connectivity index (χ4n) is 4.32. The predicted octanol–water partition coefficient (Wildman–Crippen LogP) is 5.92. The van der Waals surface area contributed by atoms with Gasteiger partial charge in [0.25, 0.3) is 0 Å². The summed E-state index contributed by atoms with van der Waals surface area (Å²) in [6.45, 7) is 4.24. The molecule has 0 saturated heterocycles. The highest BCUT2D eigenvalue weighted by Crippen LogP contribution is 2.37. The number of carbonyl (C=O) groups excluding carboxylic acids is 3.